The Morgan fingerprint density at radius 2 is 1.68 bits per heavy atom. The summed E-state index contributed by atoms with van der Waals surface area (Å²) in [6, 6.07) is 9.47. The van der Waals surface area contributed by atoms with Crippen molar-refractivity contribution in [2.75, 3.05) is 25.1 Å². The molecule has 2 aromatic carbocycles. The van der Waals surface area contributed by atoms with Gasteiger partial charge in [-0.2, -0.15) is 0 Å². The zero-order chi connectivity index (χ0) is 22.3. The molecule has 0 bridgehead atoms. The number of anilines is 1. The van der Waals surface area contributed by atoms with Gasteiger partial charge in [-0.15, -0.1) is 0 Å². The number of para-hydroxylation sites is 1. The Morgan fingerprint density at radius 3 is 2.35 bits per heavy atom. The van der Waals surface area contributed by atoms with E-state index in [2.05, 4.69) is 0 Å². The van der Waals surface area contributed by atoms with Crippen LogP contribution in [0.5, 0.6) is 5.75 Å². The van der Waals surface area contributed by atoms with Gasteiger partial charge < -0.3 is 14.4 Å². The van der Waals surface area contributed by atoms with Crippen LogP contribution in [0.1, 0.15) is 19.4 Å². The first kappa shape index (κ1) is 21.0. The summed E-state index contributed by atoms with van der Waals surface area (Å²) in [7, 11) is 1.46. The molecule has 0 aromatic heterocycles. The number of rotatable bonds is 4. The zero-order valence-corrected chi connectivity index (χ0v) is 17.4. The van der Waals surface area contributed by atoms with Gasteiger partial charge in [-0.1, -0.05) is 18.2 Å². The predicted octanol–water partition coefficient (Wildman–Crippen LogP) is 3.37. The van der Waals surface area contributed by atoms with Crippen LogP contribution in [0.15, 0.2) is 48.2 Å². The minimum atomic E-state index is -0.868. The number of morpholine rings is 1. The van der Waals surface area contributed by atoms with Crippen LogP contribution in [-0.2, 0) is 14.3 Å². The number of imide groups is 1. The van der Waals surface area contributed by atoms with E-state index in [9.17, 15) is 18.4 Å². The lowest BCUT2D eigenvalue weighted by atomic mass is 10.0. The molecule has 0 saturated carbocycles. The Hall–Kier alpha value is -3.26. The largest absolute Gasteiger partial charge is 0.496 e. The lowest BCUT2D eigenvalue weighted by Gasteiger charge is -2.37. The monoisotopic (exact) mass is 428 g/mol. The maximum atomic E-state index is 14.5. The van der Waals surface area contributed by atoms with Crippen LogP contribution in [0.2, 0.25) is 0 Å². The average Bonchev–Trinajstić information content (AvgIpc) is 2.99. The number of hydrogen-bond acceptors (Lipinski definition) is 5. The molecule has 2 atom stereocenters. The molecule has 0 N–H and O–H groups in total. The molecule has 0 aliphatic carbocycles. The molecule has 2 amide bonds. The van der Waals surface area contributed by atoms with Crippen molar-refractivity contribution in [2.45, 2.75) is 26.1 Å². The van der Waals surface area contributed by atoms with Gasteiger partial charge >= 0.3 is 0 Å². The van der Waals surface area contributed by atoms with E-state index in [-0.39, 0.29) is 23.5 Å². The topological polar surface area (TPSA) is 59.1 Å². The van der Waals surface area contributed by atoms with Crippen molar-refractivity contribution >= 4 is 23.1 Å². The molecule has 2 aromatic rings. The lowest BCUT2D eigenvalue weighted by molar-refractivity contribution is -0.121. The van der Waals surface area contributed by atoms with Gasteiger partial charge in [0.2, 0.25) is 0 Å². The van der Waals surface area contributed by atoms with Crippen molar-refractivity contribution < 1.29 is 27.8 Å². The van der Waals surface area contributed by atoms with Gasteiger partial charge in [0.1, 0.15) is 23.1 Å². The number of hydrogen-bond donors (Lipinski definition) is 0. The van der Waals surface area contributed by atoms with E-state index in [1.807, 2.05) is 13.8 Å². The van der Waals surface area contributed by atoms with Gasteiger partial charge in [0.05, 0.1) is 30.6 Å². The summed E-state index contributed by atoms with van der Waals surface area (Å²) in [5.74, 6) is -2.67. The van der Waals surface area contributed by atoms with Gasteiger partial charge in [0.15, 0.2) is 0 Å². The molecule has 8 heteroatoms. The standard InChI is InChI=1S/C23H22F2N2O4/c1-13-11-26(12-14(2)31-13)21-20(16-6-4-5-7-19(16)30-3)22(28)27(23(21)29)18-10-15(24)8-9-17(18)25/h4-10,13-14H,11-12H2,1-3H3. The highest BCUT2D eigenvalue weighted by molar-refractivity contribution is 6.45. The maximum Gasteiger partial charge on any atom is 0.282 e. The summed E-state index contributed by atoms with van der Waals surface area (Å²) >= 11 is 0. The van der Waals surface area contributed by atoms with E-state index in [0.29, 0.717) is 29.3 Å². The summed E-state index contributed by atoms with van der Waals surface area (Å²) < 4.78 is 39.6. The fourth-order valence-electron chi connectivity index (χ4n) is 4.14. The third-order valence-electron chi connectivity index (χ3n) is 5.32. The van der Waals surface area contributed by atoms with Crippen LogP contribution < -0.4 is 9.64 Å². The second-order valence-corrected chi connectivity index (χ2v) is 7.63. The fraction of sp³-hybridized carbons (Fsp3) is 0.304. The Kier molecular flexibility index (Phi) is 5.49. The fourth-order valence-corrected chi connectivity index (χ4v) is 4.14. The molecule has 1 fully saturated rings. The van der Waals surface area contributed by atoms with Crippen LogP contribution in [0.25, 0.3) is 5.57 Å². The van der Waals surface area contributed by atoms with E-state index < -0.39 is 29.1 Å². The Morgan fingerprint density at radius 1 is 1.00 bits per heavy atom. The van der Waals surface area contributed by atoms with E-state index >= 15 is 0 Å². The molecular weight excluding hydrogens is 406 g/mol. The predicted molar refractivity (Wildman–Crippen MR) is 110 cm³/mol. The Balaban J connectivity index is 1.90. The molecule has 31 heavy (non-hydrogen) atoms. The van der Waals surface area contributed by atoms with Crippen LogP contribution in [0.4, 0.5) is 14.5 Å². The van der Waals surface area contributed by atoms with Crippen molar-refractivity contribution in [1.82, 2.24) is 4.90 Å². The van der Waals surface area contributed by atoms with Gasteiger partial charge in [0.25, 0.3) is 11.8 Å². The summed E-state index contributed by atoms with van der Waals surface area (Å²) in [5.41, 5.74) is 0.198. The number of benzene rings is 2. The van der Waals surface area contributed by atoms with Crippen molar-refractivity contribution in [3.8, 4) is 5.75 Å². The number of carbonyl (C=O) groups excluding carboxylic acids is 2. The first-order valence-corrected chi connectivity index (χ1v) is 9.93. The Labute approximate surface area is 178 Å². The average molecular weight is 428 g/mol. The quantitative estimate of drug-likeness (QED) is 0.699. The van der Waals surface area contributed by atoms with Crippen LogP contribution in [0, 0.1) is 11.6 Å². The first-order valence-electron chi connectivity index (χ1n) is 9.93. The van der Waals surface area contributed by atoms with Gasteiger partial charge in [-0.3, -0.25) is 9.59 Å². The molecule has 0 radical (unpaired) electrons. The molecule has 4 rings (SSSR count). The van der Waals surface area contributed by atoms with E-state index in [1.165, 1.54) is 7.11 Å². The molecule has 2 aliphatic rings. The molecule has 162 valence electrons. The van der Waals surface area contributed by atoms with Crippen molar-refractivity contribution in [3.05, 3.63) is 65.4 Å². The van der Waals surface area contributed by atoms with Crippen LogP contribution in [-0.4, -0.2) is 49.1 Å². The molecule has 0 spiro atoms. The number of halogens is 2. The molecule has 2 heterocycles. The Bertz CT molecular complexity index is 1070. The summed E-state index contributed by atoms with van der Waals surface area (Å²) in [6.07, 6.45) is -0.365. The molecule has 1 saturated heterocycles. The highest BCUT2D eigenvalue weighted by Gasteiger charge is 2.45. The lowest BCUT2D eigenvalue weighted by Crippen LogP contribution is -2.47. The number of amides is 2. The molecule has 2 aliphatic heterocycles. The molecular formula is C23H22F2N2O4. The number of carbonyl (C=O) groups is 2. The third-order valence-corrected chi connectivity index (χ3v) is 5.32. The molecule has 2 unspecified atom stereocenters. The summed E-state index contributed by atoms with van der Waals surface area (Å²) in [5, 5.41) is 0. The second kappa shape index (κ2) is 8.11. The first-order chi connectivity index (χ1) is 14.8. The molecule has 6 nitrogen and oxygen atoms in total. The zero-order valence-electron chi connectivity index (χ0n) is 17.4. The van der Waals surface area contributed by atoms with E-state index in [4.69, 9.17) is 9.47 Å². The smallest absolute Gasteiger partial charge is 0.282 e. The summed E-state index contributed by atoms with van der Waals surface area (Å²) in [6.45, 7) is 4.49. The normalized spacial score (nSPS) is 21.8. The van der Waals surface area contributed by atoms with Crippen LogP contribution in [0.3, 0.4) is 0 Å². The van der Waals surface area contributed by atoms with Crippen molar-refractivity contribution in [1.29, 1.82) is 0 Å². The van der Waals surface area contributed by atoms with E-state index in [1.54, 1.807) is 29.2 Å². The van der Waals surface area contributed by atoms with Gasteiger partial charge in [-0.25, -0.2) is 13.7 Å². The van der Waals surface area contributed by atoms with Crippen molar-refractivity contribution in [3.63, 3.8) is 0 Å². The van der Waals surface area contributed by atoms with Crippen LogP contribution >= 0.6 is 0 Å². The highest BCUT2D eigenvalue weighted by Crippen LogP contribution is 2.39. The second-order valence-electron chi connectivity index (χ2n) is 7.63. The minimum Gasteiger partial charge on any atom is -0.496 e. The van der Waals surface area contributed by atoms with Crippen molar-refractivity contribution in [2.24, 2.45) is 0 Å². The highest BCUT2D eigenvalue weighted by atomic mass is 19.1. The third kappa shape index (κ3) is 3.67. The number of ether oxygens (including phenoxy) is 2. The van der Waals surface area contributed by atoms with Gasteiger partial charge in [-0.05, 0) is 32.0 Å². The number of methoxy groups -OCH3 is 1. The number of nitrogens with zero attached hydrogens (tertiary/aromatic N) is 2. The summed E-state index contributed by atoms with van der Waals surface area (Å²) in [4.78, 5) is 29.5. The maximum absolute atomic E-state index is 14.5. The minimum absolute atomic E-state index is 0.0902. The SMILES string of the molecule is COc1ccccc1C1=C(N2CC(C)OC(C)C2)C(=O)N(c2cc(F)ccc2F)C1=O. The van der Waals surface area contributed by atoms with Gasteiger partial charge in [0, 0.05) is 24.7 Å². The van der Waals surface area contributed by atoms with E-state index in [0.717, 1.165) is 18.2 Å².